The second-order valence-corrected chi connectivity index (χ2v) is 6.58. The Morgan fingerprint density at radius 3 is 2.48 bits per heavy atom. The van der Waals surface area contributed by atoms with E-state index < -0.39 is 10.0 Å². The van der Waals surface area contributed by atoms with Gasteiger partial charge in [-0.1, -0.05) is 24.3 Å². The summed E-state index contributed by atoms with van der Waals surface area (Å²) in [5.41, 5.74) is 0.527. The van der Waals surface area contributed by atoms with Gasteiger partial charge in [0.2, 0.25) is 5.88 Å². The summed E-state index contributed by atoms with van der Waals surface area (Å²) in [6.07, 6.45) is 2.61. The first-order chi connectivity index (χ1) is 12.1. The molecule has 0 radical (unpaired) electrons. The lowest BCUT2D eigenvalue weighted by atomic mass is 10.3. The number of hydrogen-bond acceptors (Lipinski definition) is 6. The molecule has 2 aromatic carbocycles. The molecule has 1 heterocycles. The number of nitrogens with one attached hydrogen (secondary N) is 1. The fraction of sp³-hybridized carbons (Fsp3) is 0. The second kappa shape index (κ2) is 6.98. The van der Waals surface area contributed by atoms with Crippen LogP contribution in [0.2, 0.25) is 0 Å². The molecule has 0 saturated carbocycles. The molecule has 25 heavy (non-hydrogen) atoms. The molecule has 0 unspecified atom stereocenters. The summed E-state index contributed by atoms with van der Waals surface area (Å²) in [4.78, 5) is 7.97. The predicted octanol–water partition coefficient (Wildman–Crippen LogP) is 2.94. The van der Waals surface area contributed by atoms with Gasteiger partial charge < -0.3 is 4.74 Å². The van der Waals surface area contributed by atoms with E-state index in [1.165, 1.54) is 30.6 Å². The zero-order chi connectivity index (χ0) is 17.7. The van der Waals surface area contributed by atoms with Crippen LogP contribution < -0.4 is 9.46 Å². The smallest absolute Gasteiger partial charge is 0.261 e. The van der Waals surface area contributed by atoms with Crippen LogP contribution in [-0.4, -0.2) is 18.4 Å². The van der Waals surface area contributed by atoms with Gasteiger partial charge in [-0.2, -0.15) is 5.26 Å². The van der Waals surface area contributed by atoms with Crippen molar-refractivity contribution in [3.8, 4) is 17.7 Å². The van der Waals surface area contributed by atoms with Gasteiger partial charge in [0.15, 0.2) is 5.69 Å². The van der Waals surface area contributed by atoms with E-state index in [4.69, 9.17) is 10.00 Å². The van der Waals surface area contributed by atoms with Gasteiger partial charge in [-0.3, -0.25) is 4.72 Å². The van der Waals surface area contributed by atoms with Gasteiger partial charge in [0.25, 0.3) is 10.0 Å². The largest absolute Gasteiger partial charge is 0.437 e. The van der Waals surface area contributed by atoms with Crippen molar-refractivity contribution in [2.75, 3.05) is 4.72 Å². The number of anilines is 1. The fourth-order valence-electron chi connectivity index (χ4n) is 1.98. The monoisotopic (exact) mass is 352 g/mol. The first-order valence-corrected chi connectivity index (χ1v) is 8.63. The highest BCUT2D eigenvalue weighted by Crippen LogP contribution is 2.24. The number of nitriles is 1. The highest BCUT2D eigenvalue weighted by atomic mass is 32.2. The third-order valence-electron chi connectivity index (χ3n) is 3.10. The standard InChI is InChI=1S/C17H12N4O3S/c18-10-14-11-20-17(12-19-14)24-15-6-4-5-13(9-15)21-25(22,23)16-7-2-1-3-8-16/h1-9,11-12,21H. The van der Waals surface area contributed by atoms with Crippen LogP contribution in [0.5, 0.6) is 11.6 Å². The first-order valence-electron chi connectivity index (χ1n) is 7.15. The van der Waals surface area contributed by atoms with E-state index in [0.29, 0.717) is 11.4 Å². The number of sulfonamides is 1. The van der Waals surface area contributed by atoms with E-state index in [-0.39, 0.29) is 16.5 Å². The average Bonchev–Trinajstić information content (AvgIpc) is 2.63. The number of aromatic nitrogens is 2. The molecule has 0 fully saturated rings. The molecule has 0 aliphatic rings. The molecule has 0 aliphatic carbocycles. The summed E-state index contributed by atoms with van der Waals surface area (Å²) < 4.78 is 32.7. The Morgan fingerprint density at radius 1 is 1.00 bits per heavy atom. The average molecular weight is 352 g/mol. The number of ether oxygens (including phenoxy) is 1. The Kier molecular flexibility index (Phi) is 4.59. The minimum absolute atomic E-state index is 0.166. The lowest BCUT2D eigenvalue weighted by Crippen LogP contribution is -2.12. The van der Waals surface area contributed by atoms with Crippen LogP contribution in [-0.2, 0) is 10.0 Å². The molecular formula is C17H12N4O3S. The third kappa shape index (κ3) is 4.10. The maximum Gasteiger partial charge on any atom is 0.261 e. The fourth-order valence-corrected chi connectivity index (χ4v) is 3.05. The molecule has 0 bridgehead atoms. The maximum absolute atomic E-state index is 12.3. The number of rotatable bonds is 5. The molecule has 0 aliphatic heterocycles. The molecule has 7 nitrogen and oxygen atoms in total. The molecule has 1 N–H and O–H groups in total. The topological polar surface area (TPSA) is 105 Å². The summed E-state index contributed by atoms with van der Waals surface area (Å²) in [5.74, 6) is 0.578. The van der Waals surface area contributed by atoms with Crippen molar-refractivity contribution in [3.05, 3.63) is 72.7 Å². The molecule has 124 valence electrons. The van der Waals surface area contributed by atoms with Crippen molar-refractivity contribution in [3.63, 3.8) is 0 Å². The summed E-state index contributed by atoms with van der Waals surface area (Å²) in [5, 5.41) is 8.70. The Bertz CT molecular complexity index is 1010. The third-order valence-corrected chi connectivity index (χ3v) is 4.50. The van der Waals surface area contributed by atoms with Gasteiger partial charge in [-0.05, 0) is 24.3 Å². The molecule has 0 amide bonds. The van der Waals surface area contributed by atoms with E-state index in [1.807, 2.05) is 6.07 Å². The normalized spacial score (nSPS) is 10.7. The van der Waals surface area contributed by atoms with Gasteiger partial charge in [-0.25, -0.2) is 18.4 Å². The number of benzene rings is 2. The molecule has 3 aromatic rings. The van der Waals surface area contributed by atoms with Gasteiger partial charge in [0, 0.05) is 6.07 Å². The molecule has 0 spiro atoms. The van der Waals surface area contributed by atoms with E-state index in [2.05, 4.69) is 14.7 Å². The minimum Gasteiger partial charge on any atom is -0.437 e. The molecule has 1 aromatic heterocycles. The van der Waals surface area contributed by atoms with Crippen LogP contribution in [0.25, 0.3) is 0 Å². The maximum atomic E-state index is 12.3. The van der Waals surface area contributed by atoms with Crippen LogP contribution in [0.1, 0.15) is 5.69 Å². The molecular weight excluding hydrogens is 340 g/mol. The van der Waals surface area contributed by atoms with E-state index in [0.717, 1.165) is 0 Å². The quantitative estimate of drug-likeness (QED) is 0.757. The van der Waals surface area contributed by atoms with Crippen molar-refractivity contribution in [2.45, 2.75) is 4.90 Å². The summed E-state index contributed by atoms with van der Waals surface area (Å²) in [6.45, 7) is 0. The summed E-state index contributed by atoms with van der Waals surface area (Å²) in [6, 6.07) is 16.4. The van der Waals surface area contributed by atoms with Crippen LogP contribution in [0.4, 0.5) is 5.69 Å². The Balaban J connectivity index is 1.78. The highest BCUT2D eigenvalue weighted by molar-refractivity contribution is 7.92. The van der Waals surface area contributed by atoms with Crippen LogP contribution >= 0.6 is 0 Å². The van der Waals surface area contributed by atoms with Crippen LogP contribution in [0.15, 0.2) is 71.9 Å². The lowest BCUT2D eigenvalue weighted by molar-refractivity contribution is 0.460. The van der Waals surface area contributed by atoms with Gasteiger partial charge in [0.05, 0.1) is 23.0 Å². The van der Waals surface area contributed by atoms with Crippen LogP contribution in [0, 0.1) is 11.3 Å². The lowest BCUT2D eigenvalue weighted by Gasteiger charge is -2.10. The SMILES string of the molecule is N#Cc1cnc(Oc2cccc(NS(=O)(=O)c3ccccc3)c2)cn1. The van der Waals surface area contributed by atoms with E-state index in [1.54, 1.807) is 36.4 Å². The Labute approximate surface area is 144 Å². The minimum atomic E-state index is -3.68. The number of nitrogens with zero attached hydrogens (tertiary/aromatic N) is 3. The van der Waals surface area contributed by atoms with Gasteiger partial charge >= 0.3 is 0 Å². The van der Waals surface area contributed by atoms with Crippen LogP contribution in [0.3, 0.4) is 0 Å². The highest BCUT2D eigenvalue weighted by Gasteiger charge is 2.13. The zero-order valence-corrected chi connectivity index (χ0v) is 13.6. The van der Waals surface area contributed by atoms with Gasteiger partial charge in [0.1, 0.15) is 11.8 Å². The van der Waals surface area contributed by atoms with Crippen molar-refractivity contribution in [1.29, 1.82) is 5.26 Å². The van der Waals surface area contributed by atoms with Crippen molar-refractivity contribution >= 4 is 15.7 Å². The molecule has 3 rings (SSSR count). The summed E-state index contributed by atoms with van der Waals surface area (Å²) in [7, 11) is -3.68. The van der Waals surface area contributed by atoms with Crippen molar-refractivity contribution in [1.82, 2.24) is 9.97 Å². The Hall–Kier alpha value is -3.44. The van der Waals surface area contributed by atoms with E-state index in [9.17, 15) is 8.42 Å². The predicted molar refractivity (Wildman–Crippen MR) is 90.5 cm³/mol. The van der Waals surface area contributed by atoms with Crippen molar-refractivity contribution in [2.24, 2.45) is 0 Å². The van der Waals surface area contributed by atoms with E-state index >= 15 is 0 Å². The number of hydrogen-bond donors (Lipinski definition) is 1. The molecule has 8 heteroatoms. The first kappa shape index (κ1) is 16.4. The molecule has 0 atom stereocenters. The second-order valence-electron chi connectivity index (χ2n) is 4.90. The van der Waals surface area contributed by atoms with Gasteiger partial charge in [-0.15, -0.1) is 0 Å². The Morgan fingerprint density at radius 2 is 1.80 bits per heavy atom. The molecule has 0 saturated heterocycles. The van der Waals surface area contributed by atoms with Crippen molar-refractivity contribution < 1.29 is 13.2 Å². The zero-order valence-electron chi connectivity index (χ0n) is 12.8. The summed E-state index contributed by atoms with van der Waals surface area (Å²) >= 11 is 0.